The van der Waals surface area contributed by atoms with Gasteiger partial charge in [0.25, 0.3) is 0 Å². The van der Waals surface area contributed by atoms with Crippen molar-refractivity contribution in [2.24, 2.45) is 0 Å². The van der Waals surface area contributed by atoms with Crippen molar-refractivity contribution >= 4 is 31.6 Å². The normalized spacial score (nSPS) is 22.0. The number of ketones is 1. The number of Topliss-reactive ketones (excluding diaryl/α,β-unsaturated/α-hetero) is 1. The fraction of sp³-hybridized carbons (Fsp3) is 0.235. The summed E-state index contributed by atoms with van der Waals surface area (Å²) in [5, 5.41) is -0.976. The van der Waals surface area contributed by atoms with E-state index < -0.39 is 15.1 Å². The molecule has 0 N–H and O–H groups in total. The molecule has 1 aliphatic carbocycles. The van der Waals surface area contributed by atoms with Crippen LogP contribution >= 0.6 is 15.9 Å². The summed E-state index contributed by atoms with van der Waals surface area (Å²) in [5.74, 6) is -0.456. The molecule has 0 radical (unpaired) electrons. The standard InChI is InChI=1S/C17H15BrO3S/c18-13-8-6-12(7-9-13)15-10-11-16(19)17(15)22(20,21)14-4-2-1-3-5-14/h1-9,15,17H,10-11H2/t15-,17-/m0/s1. The number of halogens is 1. The quantitative estimate of drug-likeness (QED) is 0.817. The van der Waals surface area contributed by atoms with Crippen molar-refractivity contribution < 1.29 is 13.2 Å². The lowest BCUT2D eigenvalue weighted by Crippen LogP contribution is -2.30. The van der Waals surface area contributed by atoms with Crippen molar-refractivity contribution in [3.05, 3.63) is 64.6 Å². The fourth-order valence-corrected chi connectivity index (χ4v) is 5.30. The molecule has 0 spiro atoms. The van der Waals surface area contributed by atoms with E-state index in [4.69, 9.17) is 0 Å². The monoisotopic (exact) mass is 378 g/mol. The van der Waals surface area contributed by atoms with E-state index in [9.17, 15) is 13.2 Å². The summed E-state index contributed by atoms with van der Waals surface area (Å²) in [6.45, 7) is 0. The maximum atomic E-state index is 12.9. The van der Waals surface area contributed by atoms with E-state index in [1.54, 1.807) is 30.3 Å². The van der Waals surface area contributed by atoms with Crippen LogP contribution in [0.15, 0.2) is 64.0 Å². The van der Waals surface area contributed by atoms with E-state index in [1.807, 2.05) is 24.3 Å². The predicted octanol–water partition coefficient (Wildman–Crippen LogP) is 3.74. The molecule has 0 aliphatic heterocycles. The zero-order valence-corrected chi connectivity index (χ0v) is 14.2. The fourth-order valence-electron chi connectivity index (χ4n) is 3.01. The van der Waals surface area contributed by atoms with Crippen molar-refractivity contribution in [2.75, 3.05) is 0 Å². The van der Waals surface area contributed by atoms with Crippen molar-refractivity contribution in [1.29, 1.82) is 0 Å². The number of benzene rings is 2. The van der Waals surface area contributed by atoms with Gasteiger partial charge in [-0.2, -0.15) is 0 Å². The highest BCUT2D eigenvalue weighted by molar-refractivity contribution is 9.10. The minimum atomic E-state index is -3.66. The Morgan fingerprint density at radius 1 is 0.955 bits per heavy atom. The largest absolute Gasteiger partial charge is 0.298 e. The van der Waals surface area contributed by atoms with Crippen LogP contribution in [0, 0.1) is 0 Å². The molecule has 22 heavy (non-hydrogen) atoms. The SMILES string of the molecule is O=C1CC[C@@H](c2ccc(Br)cc2)[C@@H]1S(=O)(=O)c1ccccc1. The van der Waals surface area contributed by atoms with Crippen LogP contribution in [0.3, 0.4) is 0 Å². The van der Waals surface area contributed by atoms with E-state index in [-0.39, 0.29) is 16.6 Å². The lowest BCUT2D eigenvalue weighted by Gasteiger charge is -2.19. The molecule has 1 fully saturated rings. The molecule has 114 valence electrons. The van der Waals surface area contributed by atoms with E-state index in [0.29, 0.717) is 12.8 Å². The Labute approximate surface area is 138 Å². The molecule has 3 rings (SSSR count). The molecule has 0 unspecified atom stereocenters. The second kappa shape index (κ2) is 5.97. The summed E-state index contributed by atoms with van der Waals surface area (Å²) in [4.78, 5) is 12.5. The third-order valence-corrected chi connectivity index (χ3v) is 6.81. The van der Waals surface area contributed by atoms with E-state index >= 15 is 0 Å². The van der Waals surface area contributed by atoms with Gasteiger partial charge in [0.2, 0.25) is 0 Å². The van der Waals surface area contributed by atoms with Gasteiger partial charge in [-0.05, 0) is 36.2 Å². The first-order valence-corrected chi connectivity index (χ1v) is 9.41. The van der Waals surface area contributed by atoms with Gasteiger partial charge in [0.1, 0.15) is 5.25 Å². The third-order valence-electron chi connectivity index (χ3n) is 4.09. The Morgan fingerprint density at radius 2 is 1.59 bits per heavy atom. The van der Waals surface area contributed by atoms with Gasteiger partial charge >= 0.3 is 0 Å². The summed E-state index contributed by atoms with van der Waals surface area (Å²) in [7, 11) is -3.66. The van der Waals surface area contributed by atoms with Crippen LogP contribution in [0.1, 0.15) is 24.3 Å². The molecule has 1 saturated carbocycles. The number of rotatable bonds is 3. The van der Waals surface area contributed by atoms with E-state index in [0.717, 1.165) is 10.0 Å². The van der Waals surface area contributed by atoms with Crippen molar-refractivity contribution in [3.8, 4) is 0 Å². The summed E-state index contributed by atoms with van der Waals surface area (Å²) in [6.07, 6.45) is 0.897. The zero-order chi connectivity index (χ0) is 15.7. The van der Waals surface area contributed by atoms with Gasteiger partial charge in [0.15, 0.2) is 15.6 Å². The molecule has 0 heterocycles. The zero-order valence-electron chi connectivity index (χ0n) is 11.8. The van der Waals surface area contributed by atoms with E-state index in [1.165, 1.54) is 0 Å². The van der Waals surface area contributed by atoms with Crippen molar-refractivity contribution in [2.45, 2.75) is 28.9 Å². The van der Waals surface area contributed by atoms with Crippen molar-refractivity contribution in [3.63, 3.8) is 0 Å². The molecule has 0 amide bonds. The van der Waals surface area contributed by atoms with Crippen LogP contribution in [0.25, 0.3) is 0 Å². The van der Waals surface area contributed by atoms with E-state index in [2.05, 4.69) is 15.9 Å². The average Bonchev–Trinajstić information content (AvgIpc) is 2.91. The number of hydrogen-bond acceptors (Lipinski definition) is 3. The molecule has 3 nitrogen and oxygen atoms in total. The first-order chi connectivity index (χ1) is 10.5. The van der Waals surface area contributed by atoms with Gasteiger partial charge in [-0.1, -0.05) is 46.3 Å². The molecule has 2 aromatic carbocycles. The number of carbonyl (C=O) groups excluding carboxylic acids is 1. The topological polar surface area (TPSA) is 51.2 Å². The third kappa shape index (κ3) is 2.75. The van der Waals surface area contributed by atoms with Gasteiger partial charge in [0.05, 0.1) is 4.90 Å². The predicted molar refractivity (Wildman–Crippen MR) is 88.5 cm³/mol. The molecule has 5 heteroatoms. The summed E-state index contributed by atoms with van der Waals surface area (Å²) >= 11 is 3.37. The van der Waals surface area contributed by atoms with Crippen LogP contribution in [-0.4, -0.2) is 19.5 Å². The van der Waals surface area contributed by atoms with Crippen LogP contribution in [0.2, 0.25) is 0 Å². The van der Waals surface area contributed by atoms with Crippen LogP contribution in [0.4, 0.5) is 0 Å². The van der Waals surface area contributed by atoms with Gasteiger partial charge in [0, 0.05) is 16.8 Å². The number of carbonyl (C=O) groups is 1. The molecule has 2 atom stereocenters. The molecular weight excluding hydrogens is 364 g/mol. The maximum absolute atomic E-state index is 12.9. The molecule has 0 saturated heterocycles. The summed E-state index contributed by atoms with van der Waals surface area (Å²) < 4.78 is 26.7. The second-order valence-corrected chi connectivity index (χ2v) is 8.43. The summed E-state index contributed by atoms with van der Waals surface area (Å²) in [6, 6.07) is 15.8. The Morgan fingerprint density at radius 3 is 2.23 bits per heavy atom. The highest BCUT2D eigenvalue weighted by Crippen LogP contribution is 2.39. The van der Waals surface area contributed by atoms with Gasteiger partial charge in [-0.15, -0.1) is 0 Å². The van der Waals surface area contributed by atoms with Gasteiger partial charge in [-0.25, -0.2) is 8.42 Å². The number of sulfone groups is 1. The minimum absolute atomic E-state index is 0.184. The van der Waals surface area contributed by atoms with Crippen molar-refractivity contribution in [1.82, 2.24) is 0 Å². The minimum Gasteiger partial charge on any atom is -0.298 e. The lowest BCUT2D eigenvalue weighted by molar-refractivity contribution is -0.117. The molecule has 0 aromatic heterocycles. The molecule has 2 aromatic rings. The average molecular weight is 379 g/mol. The lowest BCUT2D eigenvalue weighted by atomic mass is 9.97. The first kappa shape index (κ1) is 15.4. The summed E-state index contributed by atoms with van der Waals surface area (Å²) in [5.41, 5.74) is 0.901. The Bertz CT molecular complexity index is 782. The highest BCUT2D eigenvalue weighted by Gasteiger charge is 2.45. The number of hydrogen-bond donors (Lipinski definition) is 0. The smallest absolute Gasteiger partial charge is 0.188 e. The first-order valence-electron chi connectivity index (χ1n) is 7.07. The van der Waals surface area contributed by atoms with Gasteiger partial charge in [-0.3, -0.25) is 4.79 Å². The Kier molecular flexibility index (Phi) is 4.19. The Balaban J connectivity index is 2.03. The van der Waals surface area contributed by atoms with Crippen LogP contribution in [0.5, 0.6) is 0 Å². The second-order valence-electron chi connectivity index (χ2n) is 5.44. The van der Waals surface area contributed by atoms with Gasteiger partial charge < -0.3 is 0 Å². The van der Waals surface area contributed by atoms with Crippen LogP contribution in [-0.2, 0) is 14.6 Å². The Hall–Kier alpha value is -1.46. The molecular formula is C17H15BrO3S. The maximum Gasteiger partial charge on any atom is 0.188 e. The highest BCUT2D eigenvalue weighted by atomic mass is 79.9. The molecule has 1 aliphatic rings. The molecule has 0 bridgehead atoms. The van der Waals surface area contributed by atoms with Crippen LogP contribution < -0.4 is 0 Å².